The molecule has 110 valence electrons. The fourth-order valence-electron chi connectivity index (χ4n) is 1.63. The summed E-state index contributed by atoms with van der Waals surface area (Å²) < 4.78 is 11.2. The maximum atomic E-state index is 8.77. The van der Waals surface area contributed by atoms with Crippen molar-refractivity contribution in [3.05, 3.63) is 29.3 Å². The Morgan fingerprint density at radius 3 is 2.70 bits per heavy atom. The topological polar surface area (TPSA) is 38.7 Å². The smallest absolute Gasteiger partial charge is 0.135 e. The van der Waals surface area contributed by atoms with Gasteiger partial charge in [0.25, 0.3) is 0 Å². The molecule has 1 N–H and O–H groups in total. The Balaban J connectivity index is 2.43. The summed E-state index contributed by atoms with van der Waals surface area (Å²) >= 11 is 0. The summed E-state index contributed by atoms with van der Waals surface area (Å²) in [6, 6.07) is 5.85. The van der Waals surface area contributed by atoms with Gasteiger partial charge >= 0.3 is 0 Å². The van der Waals surface area contributed by atoms with E-state index in [0.717, 1.165) is 29.9 Å². The molecule has 0 atom stereocenters. The Kier molecular flexibility index (Phi) is 7.79. The molecule has 0 radical (unpaired) electrons. The number of ether oxygens (including phenoxy) is 2. The first-order chi connectivity index (χ1) is 9.63. The summed E-state index contributed by atoms with van der Waals surface area (Å²) in [5.41, 5.74) is 1.93. The first-order valence-electron chi connectivity index (χ1n) is 7.04. The van der Waals surface area contributed by atoms with Crippen LogP contribution in [0, 0.1) is 24.7 Å². The monoisotopic (exact) mass is 276 g/mol. The quantitative estimate of drug-likeness (QED) is 0.615. The van der Waals surface area contributed by atoms with Gasteiger partial charge in [0.15, 0.2) is 0 Å². The highest BCUT2D eigenvalue weighted by Gasteiger charge is 2.02. The molecular formula is C17H24O3. The van der Waals surface area contributed by atoms with Crippen molar-refractivity contribution >= 4 is 0 Å². The normalized spacial score (nSPS) is 10.2. The zero-order valence-electron chi connectivity index (χ0n) is 12.6. The number of hydrogen-bond acceptors (Lipinski definition) is 3. The average molecular weight is 276 g/mol. The number of rotatable bonds is 7. The summed E-state index contributed by atoms with van der Waals surface area (Å²) in [5, 5.41) is 8.77. The van der Waals surface area contributed by atoms with Crippen LogP contribution in [0.15, 0.2) is 18.2 Å². The summed E-state index contributed by atoms with van der Waals surface area (Å²) in [6.07, 6.45) is 1.07. The lowest BCUT2D eigenvalue weighted by atomic mass is 10.1. The van der Waals surface area contributed by atoms with Crippen molar-refractivity contribution in [2.45, 2.75) is 27.2 Å². The van der Waals surface area contributed by atoms with Crippen LogP contribution in [0.1, 0.15) is 31.4 Å². The van der Waals surface area contributed by atoms with Crippen LogP contribution in [0.25, 0.3) is 0 Å². The second-order valence-corrected chi connectivity index (χ2v) is 5.10. The predicted octanol–water partition coefficient (Wildman–Crippen LogP) is 2.78. The summed E-state index contributed by atoms with van der Waals surface area (Å²) in [5.74, 6) is 6.95. The van der Waals surface area contributed by atoms with Crippen LogP contribution in [0.5, 0.6) is 5.75 Å². The van der Waals surface area contributed by atoms with Gasteiger partial charge < -0.3 is 14.6 Å². The van der Waals surface area contributed by atoms with E-state index in [0.29, 0.717) is 19.1 Å². The summed E-state index contributed by atoms with van der Waals surface area (Å²) in [7, 11) is 0. The van der Waals surface area contributed by atoms with Crippen LogP contribution in [-0.2, 0) is 4.74 Å². The minimum atomic E-state index is -0.147. The van der Waals surface area contributed by atoms with Crippen LogP contribution >= 0.6 is 0 Å². The van der Waals surface area contributed by atoms with Gasteiger partial charge in [0.1, 0.15) is 19.0 Å². The van der Waals surface area contributed by atoms with Gasteiger partial charge in [0.05, 0.1) is 12.2 Å². The van der Waals surface area contributed by atoms with E-state index in [9.17, 15) is 0 Å². The third-order valence-electron chi connectivity index (χ3n) is 2.76. The highest BCUT2D eigenvalue weighted by Crippen LogP contribution is 2.18. The minimum Gasteiger partial charge on any atom is -0.490 e. The van der Waals surface area contributed by atoms with E-state index in [1.54, 1.807) is 0 Å². The van der Waals surface area contributed by atoms with Crippen molar-refractivity contribution in [2.75, 3.05) is 26.4 Å². The Morgan fingerprint density at radius 2 is 2.00 bits per heavy atom. The fourth-order valence-corrected chi connectivity index (χ4v) is 1.63. The Morgan fingerprint density at radius 1 is 1.20 bits per heavy atom. The maximum absolute atomic E-state index is 8.77. The molecule has 0 aliphatic heterocycles. The molecular weight excluding hydrogens is 252 g/mol. The molecule has 1 aromatic rings. The van der Waals surface area contributed by atoms with Crippen molar-refractivity contribution in [1.29, 1.82) is 0 Å². The highest BCUT2D eigenvalue weighted by molar-refractivity contribution is 5.48. The number of aryl methyl sites for hydroxylation is 1. The highest BCUT2D eigenvalue weighted by atomic mass is 16.5. The van der Waals surface area contributed by atoms with Crippen molar-refractivity contribution < 1.29 is 14.6 Å². The number of benzene rings is 1. The lowest BCUT2D eigenvalue weighted by Gasteiger charge is -2.10. The van der Waals surface area contributed by atoms with Gasteiger partial charge in [0.2, 0.25) is 0 Å². The molecule has 0 aliphatic rings. The first kappa shape index (κ1) is 16.6. The van der Waals surface area contributed by atoms with Crippen molar-refractivity contribution in [3.63, 3.8) is 0 Å². The molecule has 0 fully saturated rings. The van der Waals surface area contributed by atoms with Crippen molar-refractivity contribution in [1.82, 2.24) is 0 Å². The fraction of sp³-hybridized carbons (Fsp3) is 0.529. The molecule has 1 aromatic carbocycles. The standard InChI is InChI=1S/C17H24O3/c1-14(2)8-10-19-11-12-20-17-7-6-15(3)13-16(17)5-4-9-18/h6-7,13-14,18H,8-12H2,1-3H3. The van der Waals surface area contributed by atoms with Crippen LogP contribution < -0.4 is 4.74 Å². The second kappa shape index (κ2) is 9.41. The van der Waals surface area contributed by atoms with Gasteiger partial charge in [-0.15, -0.1) is 0 Å². The molecule has 0 aromatic heterocycles. The molecule has 0 saturated heterocycles. The lowest BCUT2D eigenvalue weighted by molar-refractivity contribution is 0.0925. The van der Waals surface area contributed by atoms with E-state index in [4.69, 9.17) is 14.6 Å². The maximum Gasteiger partial charge on any atom is 0.135 e. The first-order valence-corrected chi connectivity index (χ1v) is 7.04. The predicted molar refractivity (Wildman–Crippen MR) is 80.9 cm³/mol. The van der Waals surface area contributed by atoms with E-state index in [-0.39, 0.29) is 6.61 Å². The van der Waals surface area contributed by atoms with E-state index in [2.05, 4.69) is 25.7 Å². The van der Waals surface area contributed by atoms with Crippen LogP contribution in [0.2, 0.25) is 0 Å². The van der Waals surface area contributed by atoms with Crippen LogP contribution in [0.3, 0.4) is 0 Å². The summed E-state index contributed by atoms with van der Waals surface area (Å²) in [4.78, 5) is 0. The molecule has 3 nitrogen and oxygen atoms in total. The van der Waals surface area contributed by atoms with Gasteiger partial charge in [-0.3, -0.25) is 0 Å². The molecule has 0 aliphatic carbocycles. The number of hydrogen-bond donors (Lipinski definition) is 1. The third kappa shape index (κ3) is 6.60. The van der Waals surface area contributed by atoms with Crippen molar-refractivity contribution in [3.8, 4) is 17.6 Å². The van der Waals surface area contributed by atoms with E-state index in [1.807, 2.05) is 25.1 Å². The van der Waals surface area contributed by atoms with Gasteiger partial charge in [-0.1, -0.05) is 31.8 Å². The molecule has 0 spiro atoms. The van der Waals surface area contributed by atoms with Crippen LogP contribution in [-0.4, -0.2) is 31.5 Å². The lowest BCUT2D eigenvalue weighted by Crippen LogP contribution is -2.09. The summed E-state index contributed by atoms with van der Waals surface area (Å²) in [6.45, 7) is 8.07. The number of aliphatic hydroxyl groups is 1. The van der Waals surface area contributed by atoms with Gasteiger partial charge in [-0.05, 0) is 37.0 Å². The third-order valence-corrected chi connectivity index (χ3v) is 2.76. The van der Waals surface area contributed by atoms with E-state index < -0.39 is 0 Å². The minimum absolute atomic E-state index is 0.147. The van der Waals surface area contributed by atoms with Gasteiger partial charge in [0, 0.05) is 6.61 Å². The van der Waals surface area contributed by atoms with Crippen LogP contribution in [0.4, 0.5) is 0 Å². The molecule has 3 heteroatoms. The Bertz CT molecular complexity index is 455. The Labute approximate surface area is 121 Å². The molecule has 0 saturated carbocycles. The van der Waals surface area contributed by atoms with Crippen molar-refractivity contribution in [2.24, 2.45) is 5.92 Å². The van der Waals surface area contributed by atoms with Gasteiger partial charge in [-0.25, -0.2) is 0 Å². The molecule has 0 heterocycles. The molecule has 0 unspecified atom stereocenters. The molecule has 0 amide bonds. The average Bonchev–Trinajstić information content (AvgIpc) is 2.41. The number of aliphatic hydroxyl groups excluding tert-OH is 1. The van der Waals surface area contributed by atoms with E-state index in [1.165, 1.54) is 0 Å². The molecule has 20 heavy (non-hydrogen) atoms. The SMILES string of the molecule is Cc1ccc(OCCOCCC(C)C)c(C#CCO)c1. The van der Waals surface area contributed by atoms with Gasteiger partial charge in [-0.2, -0.15) is 0 Å². The largest absolute Gasteiger partial charge is 0.490 e. The molecule has 1 rings (SSSR count). The Hall–Kier alpha value is -1.50. The zero-order valence-corrected chi connectivity index (χ0v) is 12.6. The van der Waals surface area contributed by atoms with E-state index >= 15 is 0 Å². The molecule has 0 bridgehead atoms. The second-order valence-electron chi connectivity index (χ2n) is 5.10. The zero-order chi connectivity index (χ0) is 14.8.